The average molecular weight is 341 g/mol. The van der Waals surface area contributed by atoms with Crippen LogP contribution in [-0.2, 0) is 4.74 Å². The van der Waals surface area contributed by atoms with Crippen molar-refractivity contribution in [3.05, 3.63) is 51.7 Å². The van der Waals surface area contributed by atoms with Crippen LogP contribution >= 0.6 is 0 Å². The molecule has 0 unspecified atom stereocenters. The van der Waals surface area contributed by atoms with Crippen molar-refractivity contribution < 1.29 is 9.53 Å². The van der Waals surface area contributed by atoms with Crippen LogP contribution in [0, 0.1) is 6.92 Å². The van der Waals surface area contributed by atoms with Gasteiger partial charge in [0, 0.05) is 30.9 Å². The first-order chi connectivity index (χ1) is 12.1. The molecule has 1 amide bonds. The van der Waals surface area contributed by atoms with Crippen LogP contribution < -0.4 is 5.56 Å². The average Bonchev–Trinajstić information content (AvgIpc) is 3.46. The summed E-state index contributed by atoms with van der Waals surface area (Å²) in [4.78, 5) is 42.0. The fraction of sp³-hybridized carbons (Fsp3) is 0.471. The molecule has 2 aromatic rings. The van der Waals surface area contributed by atoms with Crippen molar-refractivity contribution in [3.63, 3.8) is 0 Å². The number of aromatic amines is 1. The quantitative estimate of drug-likeness (QED) is 0.892. The minimum atomic E-state index is -0.398. The van der Waals surface area contributed by atoms with Crippen molar-refractivity contribution in [1.82, 2.24) is 24.8 Å². The minimum Gasteiger partial charge on any atom is -0.377 e. The number of amides is 1. The second-order valence-electron chi connectivity index (χ2n) is 6.45. The Morgan fingerprint density at radius 3 is 2.76 bits per heavy atom. The van der Waals surface area contributed by atoms with E-state index in [0.29, 0.717) is 42.8 Å². The summed E-state index contributed by atoms with van der Waals surface area (Å²) in [5.74, 6) is 1.60. The molecule has 0 aromatic carbocycles. The van der Waals surface area contributed by atoms with Crippen LogP contribution in [0.25, 0.3) is 0 Å². The Hall–Kier alpha value is -2.61. The molecule has 1 N–H and O–H groups in total. The van der Waals surface area contributed by atoms with Gasteiger partial charge in [0.05, 0.1) is 30.5 Å². The molecule has 25 heavy (non-hydrogen) atoms. The van der Waals surface area contributed by atoms with Crippen LogP contribution in [0.15, 0.2) is 23.3 Å². The van der Waals surface area contributed by atoms with Crippen LogP contribution in [0.3, 0.4) is 0 Å². The number of aromatic nitrogens is 4. The summed E-state index contributed by atoms with van der Waals surface area (Å²) < 4.78 is 5.51. The first kappa shape index (κ1) is 15.9. The number of nitrogens with one attached hydrogen (secondary N) is 1. The Morgan fingerprint density at radius 2 is 2.08 bits per heavy atom. The lowest BCUT2D eigenvalue weighted by Gasteiger charge is -2.35. The van der Waals surface area contributed by atoms with Gasteiger partial charge in [0.25, 0.3) is 11.5 Å². The molecule has 1 aliphatic carbocycles. The maximum Gasteiger partial charge on any atom is 0.257 e. The molecule has 1 saturated heterocycles. The first-order valence-corrected chi connectivity index (χ1v) is 8.40. The maximum absolute atomic E-state index is 12.9. The molecular formula is C17H19N5O3. The first-order valence-electron chi connectivity index (χ1n) is 8.40. The summed E-state index contributed by atoms with van der Waals surface area (Å²) in [6.07, 6.45) is 5.41. The van der Waals surface area contributed by atoms with Crippen LogP contribution in [0.2, 0.25) is 0 Å². The number of carbonyl (C=O) groups is 1. The summed E-state index contributed by atoms with van der Waals surface area (Å²) in [7, 11) is 0. The van der Waals surface area contributed by atoms with Crippen LogP contribution in [0.5, 0.6) is 0 Å². The lowest BCUT2D eigenvalue weighted by atomic mass is 10.1. The molecule has 3 heterocycles. The predicted molar refractivity (Wildman–Crippen MR) is 88.2 cm³/mol. The summed E-state index contributed by atoms with van der Waals surface area (Å²) >= 11 is 0. The van der Waals surface area contributed by atoms with Gasteiger partial charge in [-0.2, -0.15) is 0 Å². The molecule has 2 aliphatic rings. The van der Waals surface area contributed by atoms with E-state index in [1.54, 1.807) is 24.2 Å². The number of rotatable bonds is 3. The molecule has 4 rings (SSSR count). The van der Waals surface area contributed by atoms with Gasteiger partial charge in [0.15, 0.2) is 0 Å². The summed E-state index contributed by atoms with van der Waals surface area (Å²) in [5.41, 5.74) is 0.736. The second-order valence-corrected chi connectivity index (χ2v) is 6.45. The fourth-order valence-electron chi connectivity index (χ4n) is 3.03. The molecular weight excluding hydrogens is 322 g/mol. The van der Waals surface area contributed by atoms with Crippen molar-refractivity contribution in [2.24, 2.45) is 0 Å². The summed E-state index contributed by atoms with van der Waals surface area (Å²) in [6, 6.07) is 1.02. The molecule has 1 atom stereocenters. The van der Waals surface area contributed by atoms with Crippen LogP contribution in [-0.4, -0.2) is 50.5 Å². The Kier molecular flexibility index (Phi) is 4.04. The lowest BCUT2D eigenvalue weighted by Crippen LogP contribution is -2.44. The third-order valence-electron chi connectivity index (χ3n) is 4.47. The van der Waals surface area contributed by atoms with Gasteiger partial charge in [-0.3, -0.25) is 9.59 Å². The van der Waals surface area contributed by atoms with Crippen molar-refractivity contribution in [3.8, 4) is 0 Å². The number of H-pyrrole nitrogens is 1. The van der Waals surface area contributed by atoms with Gasteiger partial charge in [-0.05, 0) is 19.8 Å². The van der Waals surface area contributed by atoms with E-state index in [9.17, 15) is 9.59 Å². The number of nitrogens with zero attached hydrogens (tertiary/aromatic N) is 4. The van der Waals surface area contributed by atoms with Gasteiger partial charge >= 0.3 is 0 Å². The van der Waals surface area contributed by atoms with E-state index in [4.69, 9.17) is 4.74 Å². The highest BCUT2D eigenvalue weighted by molar-refractivity contribution is 5.94. The Balaban J connectivity index is 1.61. The van der Waals surface area contributed by atoms with Gasteiger partial charge in [0.1, 0.15) is 11.6 Å². The van der Waals surface area contributed by atoms with E-state index in [0.717, 1.165) is 18.7 Å². The second kappa shape index (κ2) is 6.36. The van der Waals surface area contributed by atoms with Crippen molar-refractivity contribution >= 4 is 5.91 Å². The van der Waals surface area contributed by atoms with E-state index in [-0.39, 0.29) is 11.5 Å². The SMILES string of the molecule is Cc1nc([C@@H]2COCCN2C(=O)c2cnc(C3CC3)nc2)cc(=O)[nH]1. The normalized spacial score (nSPS) is 20.5. The zero-order valence-corrected chi connectivity index (χ0v) is 13.9. The van der Waals surface area contributed by atoms with E-state index in [2.05, 4.69) is 19.9 Å². The van der Waals surface area contributed by atoms with Crippen molar-refractivity contribution in [2.75, 3.05) is 19.8 Å². The standard InChI is InChI=1S/C17H19N5O3/c1-10-20-13(6-15(23)21-10)14-9-25-5-4-22(14)17(24)12-7-18-16(19-8-12)11-2-3-11/h6-8,11,14H,2-5,9H2,1H3,(H,20,21,23)/t14-/m0/s1. The molecule has 0 spiro atoms. The van der Waals surface area contributed by atoms with E-state index >= 15 is 0 Å². The molecule has 130 valence electrons. The molecule has 2 fully saturated rings. The number of aryl methyl sites for hydroxylation is 1. The Bertz CT molecular complexity index is 844. The van der Waals surface area contributed by atoms with E-state index in [1.165, 1.54) is 6.07 Å². The highest BCUT2D eigenvalue weighted by atomic mass is 16.5. The van der Waals surface area contributed by atoms with Crippen molar-refractivity contribution in [2.45, 2.75) is 31.7 Å². The summed E-state index contributed by atoms with van der Waals surface area (Å²) in [6.45, 7) is 2.90. The van der Waals surface area contributed by atoms with Gasteiger partial charge in [-0.25, -0.2) is 15.0 Å². The zero-order valence-electron chi connectivity index (χ0n) is 13.9. The number of morpholine rings is 1. The zero-order chi connectivity index (χ0) is 17.4. The molecule has 1 aliphatic heterocycles. The molecule has 2 aromatic heterocycles. The topological polar surface area (TPSA) is 101 Å². The van der Waals surface area contributed by atoms with Gasteiger partial charge in [0.2, 0.25) is 0 Å². The maximum atomic E-state index is 12.9. The highest BCUT2D eigenvalue weighted by Crippen LogP contribution is 2.37. The monoisotopic (exact) mass is 341 g/mol. The van der Waals surface area contributed by atoms with Crippen LogP contribution in [0.4, 0.5) is 0 Å². The Morgan fingerprint density at radius 1 is 1.32 bits per heavy atom. The third-order valence-corrected chi connectivity index (χ3v) is 4.47. The smallest absolute Gasteiger partial charge is 0.257 e. The van der Waals surface area contributed by atoms with Gasteiger partial charge in [-0.15, -0.1) is 0 Å². The van der Waals surface area contributed by atoms with E-state index in [1.807, 2.05) is 0 Å². The molecule has 0 radical (unpaired) electrons. The lowest BCUT2D eigenvalue weighted by molar-refractivity contribution is -0.00406. The third kappa shape index (κ3) is 3.30. The van der Waals surface area contributed by atoms with Crippen molar-refractivity contribution in [1.29, 1.82) is 0 Å². The van der Waals surface area contributed by atoms with E-state index < -0.39 is 6.04 Å². The molecule has 0 bridgehead atoms. The van der Waals surface area contributed by atoms with Gasteiger partial charge in [-0.1, -0.05) is 0 Å². The summed E-state index contributed by atoms with van der Waals surface area (Å²) in [5, 5.41) is 0. The molecule has 1 saturated carbocycles. The van der Waals surface area contributed by atoms with Crippen LogP contribution in [0.1, 0.15) is 52.5 Å². The fourth-order valence-corrected chi connectivity index (χ4v) is 3.03. The molecule has 8 nitrogen and oxygen atoms in total. The number of ether oxygens (including phenoxy) is 1. The number of hydrogen-bond acceptors (Lipinski definition) is 6. The van der Waals surface area contributed by atoms with Gasteiger partial charge < -0.3 is 14.6 Å². The minimum absolute atomic E-state index is 0.171. The Labute approximate surface area is 144 Å². The highest BCUT2D eigenvalue weighted by Gasteiger charge is 2.32. The number of hydrogen-bond donors (Lipinski definition) is 1. The largest absolute Gasteiger partial charge is 0.377 e. The predicted octanol–water partition coefficient (Wildman–Crippen LogP) is 0.959. The number of carbonyl (C=O) groups excluding carboxylic acids is 1. The molecule has 8 heteroatoms.